The molecule has 8 nitrogen and oxygen atoms in total. The average molecular weight is 638 g/mol. The van der Waals surface area contributed by atoms with E-state index in [9.17, 15) is 9.59 Å². The molecular formula is C31H29BrN2O6S. The van der Waals surface area contributed by atoms with Crippen LogP contribution in [-0.2, 0) is 9.53 Å². The standard InChI is InChI=1S/C31H29BrN2O6S/c1-5-37-24-14-10-20(16-25(24)38-6-2)28-27(30(36)39-7-3)18(4)33-31-34(28)29(35)26(41-31)17-22-13-15-23(40-22)19-8-11-21(32)12-9-19/h8-17,28H,5-7H2,1-4H3/b26-17-/t28-/m0/s1. The Morgan fingerprint density at radius 3 is 2.46 bits per heavy atom. The van der Waals surface area contributed by atoms with Gasteiger partial charge in [0.15, 0.2) is 16.3 Å². The molecule has 41 heavy (non-hydrogen) atoms. The zero-order chi connectivity index (χ0) is 29.1. The Labute approximate surface area is 249 Å². The number of benzene rings is 2. The van der Waals surface area contributed by atoms with Gasteiger partial charge in [0.25, 0.3) is 5.56 Å². The number of ether oxygens (including phenoxy) is 3. The van der Waals surface area contributed by atoms with E-state index < -0.39 is 12.0 Å². The fourth-order valence-electron chi connectivity index (χ4n) is 4.67. The molecule has 0 bridgehead atoms. The maximum absolute atomic E-state index is 13.9. The fraction of sp³-hybridized carbons (Fsp3) is 0.258. The summed E-state index contributed by atoms with van der Waals surface area (Å²) in [5.74, 6) is 1.81. The first-order chi connectivity index (χ1) is 19.8. The second kappa shape index (κ2) is 12.3. The monoisotopic (exact) mass is 636 g/mol. The SMILES string of the molecule is CCOC(=O)C1=C(C)N=c2s/c(=C\c3ccc(-c4ccc(Br)cc4)o3)c(=O)n2[C@H]1c1ccc(OCC)c(OCC)c1. The molecule has 5 rings (SSSR count). The highest BCUT2D eigenvalue weighted by molar-refractivity contribution is 9.10. The van der Waals surface area contributed by atoms with E-state index in [1.54, 1.807) is 30.6 Å². The van der Waals surface area contributed by atoms with Crippen LogP contribution in [0.2, 0.25) is 0 Å². The van der Waals surface area contributed by atoms with E-state index in [0.717, 1.165) is 10.0 Å². The van der Waals surface area contributed by atoms with Gasteiger partial charge in [0, 0.05) is 16.1 Å². The highest BCUT2D eigenvalue weighted by atomic mass is 79.9. The van der Waals surface area contributed by atoms with E-state index in [1.165, 1.54) is 11.3 Å². The minimum absolute atomic E-state index is 0.194. The van der Waals surface area contributed by atoms with E-state index in [0.29, 0.717) is 62.4 Å². The van der Waals surface area contributed by atoms with Gasteiger partial charge in [-0.15, -0.1) is 0 Å². The first kappa shape index (κ1) is 28.6. The number of esters is 1. The molecule has 10 heteroatoms. The van der Waals surface area contributed by atoms with Crippen LogP contribution in [0.4, 0.5) is 0 Å². The summed E-state index contributed by atoms with van der Waals surface area (Å²) in [7, 11) is 0. The number of hydrogen-bond acceptors (Lipinski definition) is 8. The topological polar surface area (TPSA) is 92.3 Å². The summed E-state index contributed by atoms with van der Waals surface area (Å²) in [6.45, 7) is 8.37. The maximum Gasteiger partial charge on any atom is 0.338 e. The van der Waals surface area contributed by atoms with Crippen LogP contribution >= 0.6 is 27.3 Å². The Bertz CT molecular complexity index is 1800. The molecule has 0 unspecified atom stereocenters. The van der Waals surface area contributed by atoms with Crippen molar-refractivity contribution in [3.63, 3.8) is 0 Å². The molecule has 1 atom stereocenters. The lowest BCUT2D eigenvalue weighted by Crippen LogP contribution is -2.40. The van der Waals surface area contributed by atoms with Gasteiger partial charge < -0.3 is 18.6 Å². The van der Waals surface area contributed by atoms with Crippen molar-refractivity contribution in [1.29, 1.82) is 0 Å². The molecule has 0 radical (unpaired) electrons. The third kappa shape index (κ3) is 5.80. The van der Waals surface area contributed by atoms with E-state index in [2.05, 4.69) is 20.9 Å². The normalized spacial score (nSPS) is 15.0. The van der Waals surface area contributed by atoms with Crippen molar-refractivity contribution in [3.8, 4) is 22.8 Å². The van der Waals surface area contributed by atoms with Crippen LogP contribution in [0.1, 0.15) is 45.1 Å². The molecule has 0 spiro atoms. The predicted molar refractivity (Wildman–Crippen MR) is 161 cm³/mol. The van der Waals surface area contributed by atoms with E-state index in [4.69, 9.17) is 18.6 Å². The Kier molecular flexibility index (Phi) is 8.60. The van der Waals surface area contributed by atoms with Crippen molar-refractivity contribution in [3.05, 3.63) is 101 Å². The van der Waals surface area contributed by atoms with Gasteiger partial charge in [-0.25, -0.2) is 9.79 Å². The second-order valence-electron chi connectivity index (χ2n) is 9.08. The highest BCUT2D eigenvalue weighted by Crippen LogP contribution is 2.36. The van der Waals surface area contributed by atoms with Gasteiger partial charge in [0.1, 0.15) is 11.5 Å². The smallest absolute Gasteiger partial charge is 0.338 e. The van der Waals surface area contributed by atoms with Crippen LogP contribution in [0.25, 0.3) is 17.4 Å². The maximum atomic E-state index is 13.9. The Balaban J connectivity index is 1.64. The van der Waals surface area contributed by atoms with Crippen molar-refractivity contribution < 1.29 is 23.4 Å². The summed E-state index contributed by atoms with van der Waals surface area (Å²) in [4.78, 5) is 32.3. The van der Waals surface area contributed by atoms with Gasteiger partial charge in [-0.05, 0) is 69.7 Å². The van der Waals surface area contributed by atoms with Crippen molar-refractivity contribution in [2.45, 2.75) is 33.7 Å². The summed E-state index contributed by atoms with van der Waals surface area (Å²) < 4.78 is 26.0. The highest BCUT2D eigenvalue weighted by Gasteiger charge is 2.34. The molecule has 1 aliphatic rings. The molecule has 0 fully saturated rings. The lowest BCUT2D eigenvalue weighted by molar-refractivity contribution is -0.139. The second-order valence-corrected chi connectivity index (χ2v) is 11.0. The molecule has 3 heterocycles. The first-order valence-electron chi connectivity index (χ1n) is 13.3. The van der Waals surface area contributed by atoms with Gasteiger partial charge in [0.05, 0.1) is 41.7 Å². The van der Waals surface area contributed by atoms with Gasteiger partial charge in [-0.3, -0.25) is 9.36 Å². The van der Waals surface area contributed by atoms with Crippen LogP contribution in [0.3, 0.4) is 0 Å². The molecule has 0 saturated carbocycles. The average Bonchev–Trinajstić information content (AvgIpc) is 3.54. The van der Waals surface area contributed by atoms with Crippen molar-refractivity contribution in [2.24, 2.45) is 4.99 Å². The lowest BCUT2D eigenvalue weighted by Gasteiger charge is -2.25. The number of furan rings is 1. The van der Waals surface area contributed by atoms with Crippen LogP contribution < -0.4 is 24.4 Å². The van der Waals surface area contributed by atoms with E-state index >= 15 is 0 Å². The largest absolute Gasteiger partial charge is 0.490 e. The van der Waals surface area contributed by atoms with Gasteiger partial charge in [-0.1, -0.05) is 45.5 Å². The number of aromatic nitrogens is 1. The molecule has 2 aromatic carbocycles. The first-order valence-corrected chi connectivity index (χ1v) is 14.9. The third-order valence-electron chi connectivity index (χ3n) is 6.43. The van der Waals surface area contributed by atoms with Gasteiger partial charge >= 0.3 is 5.97 Å². The van der Waals surface area contributed by atoms with Crippen LogP contribution in [-0.4, -0.2) is 30.4 Å². The van der Waals surface area contributed by atoms with Crippen LogP contribution in [0.15, 0.2) is 84.5 Å². The third-order valence-corrected chi connectivity index (χ3v) is 7.94. The Morgan fingerprint density at radius 2 is 1.76 bits per heavy atom. The van der Waals surface area contributed by atoms with E-state index in [1.807, 2.05) is 62.4 Å². The number of allylic oxidation sites excluding steroid dienone is 1. The van der Waals surface area contributed by atoms with Crippen molar-refractivity contribution in [1.82, 2.24) is 4.57 Å². The summed E-state index contributed by atoms with van der Waals surface area (Å²) in [6, 6.07) is 16.2. The predicted octanol–water partition coefficient (Wildman–Crippen LogP) is 5.62. The van der Waals surface area contributed by atoms with Crippen molar-refractivity contribution >= 4 is 39.3 Å². The molecule has 212 valence electrons. The van der Waals surface area contributed by atoms with Gasteiger partial charge in [-0.2, -0.15) is 0 Å². The zero-order valence-electron chi connectivity index (χ0n) is 23.1. The number of carbonyl (C=O) groups excluding carboxylic acids is 1. The molecule has 4 aromatic rings. The molecule has 1 aliphatic heterocycles. The zero-order valence-corrected chi connectivity index (χ0v) is 25.5. The number of nitrogens with zero attached hydrogens (tertiary/aromatic N) is 2. The number of carbonyl (C=O) groups is 1. The number of hydrogen-bond donors (Lipinski definition) is 0. The van der Waals surface area contributed by atoms with Crippen LogP contribution in [0, 0.1) is 0 Å². The Hall–Kier alpha value is -3.89. The molecule has 2 aromatic heterocycles. The molecule has 0 saturated heterocycles. The number of rotatable bonds is 9. The number of halogens is 1. The summed E-state index contributed by atoms with van der Waals surface area (Å²) in [5.41, 5.74) is 2.10. The fourth-order valence-corrected chi connectivity index (χ4v) is 5.96. The molecule has 0 aliphatic carbocycles. The van der Waals surface area contributed by atoms with Crippen molar-refractivity contribution in [2.75, 3.05) is 19.8 Å². The van der Waals surface area contributed by atoms with Crippen LogP contribution in [0.5, 0.6) is 11.5 Å². The minimum atomic E-state index is -0.766. The minimum Gasteiger partial charge on any atom is -0.490 e. The molecular weight excluding hydrogens is 608 g/mol. The summed E-state index contributed by atoms with van der Waals surface area (Å²) in [6.07, 6.45) is 1.70. The number of thiazole rings is 1. The van der Waals surface area contributed by atoms with E-state index in [-0.39, 0.29) is 12.2 Å². The Morgan fingerprint density at radius 1 is 1.02 bits per heavy atom. The lowest BCUT2D eigenvalue weighted by atomic mass is 9.95. The summed E-state index contributed by atoms with van der Waals surface area (Å²) in [5, 5.41) is 0. The summed E-state index contributed by atoms with van der Waals surface area (Å²) >= 11 is 4.68. The molecule has 0 amide bonds. The quantitative estimate of drug-likeness (QED) is 0.222. The van der Waals surface area contributed by atoms with Gasteiger partial charge in [0.2, 0.25) is 0 Å². The number of fused-ring (bicyclic) bond motifs is 1. The molecule has 0 N–H and O–H groups in total.